The fourth-order valence-electron chi connectivity index (χ4n) is 1.54. The molecule has 9 heteroatoms. The molecule has 2 heterocycles. The summed E-state index contributed by atoms with van der Waals surface area (Å²) in [6.45, 7) is 0.687. The minimum absolute atomic E-state index is 0.142. The number of carbonyl (C=O) groups excluding carboxylic acids is 1. The smallest absolute Gasteiger partial charge is 0.359 e. The van der Waals surface area contributed by atoms with Crippen molar-refractivity contribution in [1.29, 1.82) is 0 Å². The molecule has 0 saturated heterocycles. The van der Waals surface area contributed by atoms with Crippen molar-refractivity contribution in [2.24, 2.45) is 0 Å². The fourth-order valence-corrected chi connectivity index (χ4v) is 1.54. The van der Waals surface area contributed by atoms with E-state index in [-0.39, 0.29) is 30.2 Å². The van der Waals surface area contributed by atoms with E-state index in [1.807, 2.05) is 0 Å². The molecule has 0 bridgehead atoms. The predicted octanol–water partition coefficient (Wildman–Crippen LogP) is -1.39. The maximum Gasteiger partial charge on any atom is 0.359 e. The summed E-state index contributed by atoms with van der Waals surface area (Å²) < 4.78 is 5.82. The van der Waals surface area contributed by atoms with Crippen molar-refractivity contribution in [1.82, 2.24) is 19.5 Å². The molecule has 0 amide bonds. The van der Waals surface area contributed by atoms with E-state index >= 15 is 0 Å². The number of aliphatic hydroxyl groups is 2. The molecule has 1 atom stereocenters. The summed E-state index contributed by atoms with van der Waals surface area (Å²) in [6, 6.07) is 0. The van der Waals surface area contributed by atoms with Crippen LogP contribution in [0.25, 0.3) is 11.2 Å². The zero-order valence-corrected chi connectivity index (χ0v) is 10.1. The number of nitrogens with zero attached hydrogens (tertiary/aromatic N) is 4. The van der Waals surface area contributed by atoms with Gasteiger partial charge in [0.15, 0.2) is 11.5 Å². The predicted molar refractivity (Wildman–Crippen MR) is 63.6 cm³/mol. The third-order valence-electron chi connectivity index (χ3n) is 2.54. The van der Waals surface area contributed by atoms with Crippen LogP contribution >= 0.6 is 0 Å². The van der Waals surface area contributed by atoms with E-state index in [9.17, 15) is 9.90 Å². The first-order valence-corrected chi connectivity index (χ1v) is 5.43. The third-order valence-corrected chi connectivity index (χ3v) is 2.54. The summed E-state index contributed by atoms with van der Waals surface area (Å²) in [7, 11) is 0. The quantitative estimate of drug-likeness (QED) is 0.576. The number of carbonyl (C=O) groups is 1. The first-order chi connectivity index (χ1) is 8.98. The van der Waals surface area contributed by atoms with Gasteiger partial charge in [0.25, 0.3) is 0 Å². The molecule has 0 unspecified atom stereocenters. The van der Waals surface area contributed by atoms with Crippen LogP contribution in [-0.4, -0.2) is 48.9 Å². The highest BCUT2D eigenvalue weighted by atomic mass is 16.6. The number of imidazole rings is 1. The molecule has 102 valence electrons. The van der Waals surface area contributed by atoms with Crippen LogP contribution in [0.2, 0.25) is 0 Å². The first-order valence-electron chi connectivity index (χ1n) is 5.43. The summed E-state index contributed by atoms with van der Waals surface area (Å²) in [5, 5.41) is 18.8. The number of nitrogens with two attached hydrogens (primary N) is 1. The van der Waals surface area contributed by atoms with E-state index in [2.05, 4.69) is 15.0 Å². The molecule has 0 saturated carbocycles. The normalized spacial score (nSPS) is 14.3. The number of nitrogen functional groups attached to an aromatic ring is 1. The second-order valence-corrected chi connectivity index (χ2v) is 3.93. The minimum Gasteiger partial charge on any atom is -0.460 e. The lowest BCUT2D eigenvalue weighted by Gasteiger charge is -2.22. The molecule has 4 N–H and O–H groups in total. The maximum atomic E-state index is 11.7. The second-order valence-electron chi connectivity index (χ2n) is 3.93. The Bertz CT molecular complexity index is 609. The van der Waals surface area contributed by atoms with Crippen molar-refractivity contribution in [2.75, 3.05) is 18.9 Å². The van der Waals surface area contributed by atoms with Crippen molar-refractivity contribution >= 4 is 23.0 Å². The summed E-state index contributed by atoms with van der Waals surface area (Å²) >= 11 is 0. The highest BCUT2D eigenvalue weighted by Crippen LogP contribution is 2.22. The maximum absolute atomic E-state index is 11.7. The van der Waals surface area contributed by atoms with Gasteiger partial charge in [0.2, 0.25) is 5.72 Å². The van der Waals surface area contributed by atoms with Gasteiger partial charge in [-0.05, 0) is 6.92 Å². The average Bonchev–Trinajstić information content (AvgIpc) is 2.81. The molecule has 2 aromatic heterocycles. The van der Waals surface area contributed by atoms with E-state index in [1.165, 1.54) is 19.6 Å². The summed E-state index contributed by atoms with van der Waals surface area (Å²) in [4.78, 5) is 23.4. The molecule has 0 spiro atoms. The standard InChI is InChI=1S/C10H13N5O4/c1-10(18,9(17)19-3-2-16)15-5-14-6-7(11)12-4-13-8(6)15/h4-5,16,18H,2-3H2,1H3,(H2,11,12,13)/t10-/m1/s1. The van der Waals surface area contributed by atoms with Crippen LogP contribution in [0.3, 0.4) is 0 Å². The van der Waals surface area contributed by atoms with E-state index in [4.69, 9.17) is 15.6 Å². The highest BCUT2D eigenvalue weighted by Gasteiger charge is 2.36. The lowest BCUT2D eigenvalue weighted by molar-refractivity contribution is -0.175. The SMILES string of the molecule is C[C@@](O)(C(=O)OCCO)n1cnc2c(N)ncnc21. The van der Waals surface area contributed by atoms with Crippen LogP contribution in [0.1, 0.15) is 6.92 Å². The van der Waals surface area contributed by atoms with Gasteiger partial charge in [0.05, 0.1) is 6.61 Å². The third kappa shape index (κ3) is 2.20. The van der Waals surface area contributed by atoms with E-state index in [1.54, 1.807) is 0 Å². The van der Waals surface area contributed by atoms with E-state index < -0.39 is 11.7 Å². The van der Waals surface area contributed by atoms with Crippen LogP contribution in [0.5, 0.6) is 0 Å². The van der Waals surface area contributed by atoms with Crippen molar-refractivity contribution in [3.8, 4) is 0 Å². The molecule has 9 nitrogen and oxygen atoms in total. The van der Waals surface area contributed by atoms with Crippen LogP contribution in [-0.2, 0) is 15.3 Å². The molecule has 0 fully saturated rings. The van der Waals surface area contributed by atoms with Gasteiger partial charge in [-0.1, -0.05) is 0 Å². The molecule has 0 radical (unpaired) electrons. The molecular formula is C10H13N5O4. The molecule has 0 aromatic carbocycles. The van der Waals surface area contributed by atoms with Gasteiger partial charge in [-0.3, -0.25) is 4.57 Å². The number of esters is 1. The monoisotopic (exact) mass is 267 g/mol. The number of aliphatic hydroxyl groups excluding tert-OH is 1. The number of hydrogen-bond acceptors (Lipinski definition) is 8. The molecule has 0 aliphatic heterocycles. The van der Waals surface area contributed by atoms with Gasteiger partial charge in [0, 0.05) is 0 Å². The summed E-state index contributed by atoms with van der Waals surface area (Å²) in [5.74, 6) is -0.790. The van der Waals surface area contributed by atoms with Gasteiger partial charge in [-0.2, -0.15) is 0 Å². The average molecular weight is 267 g/mol. The lowest BCUT2D eigenvalue weighted by atomic mass is 10.2. The number of anilines is 1. The second kappa shape index (κ2) is 4.78. The Balaban J connectivity index is 2.43. The van der Waals surface area contributed by atoms with Gasteiger partial charge >= 0.3 is 5.97 Å². The molecule has 2 aromatic rings. The largest absolute Gasteiger partial charge is 0.460 e. The van der Waals surface area contributed by atoms with Crippen LogP contribution < -0.4 is 5.73 Å². The Hall–Kier alpha value is -2.26. The van der Waals surface area contributed by atoms with Crippen molar-refractivity contribution in [3.63, 3.8) is 0 Å². The van der Waals surface area contributed by atoms with Crippen LogP contribution in [0, 0.1) is 0 Å². The number of fused-ring (bicyclic) bond motifs is 1. The Morgan fingerprint density at radius 1 is 1.53 bits per heavy atom. The van der Waals surface area contributed by atoms with Crippen molar-refractivity contribution in [3.05, 3.63) is 12.7 Å². The summed E-state index contributed by atoms with van der Waals surface area (Å²) in [5.41, 5.74) is 4.08. The molecule has 0 aliphatic rings. The Morgan fingerprint density at radius 3 is 2.95 bits per heavy atom. The topological polar surface area (TPSA) is 136 Å². The Morgan fingerprint density at radius 2 is 2.26 bits per heavy atom. The summed E-state index contributed by atoms with van der Waals surface area (Å²) in [6.07, 6.45) is 2.42. The molecule has 0 aliphatic carbocycles. The Kier molecular flexibility index (Phi) is 3.32. The number of rotatable bonds is 4. The van der Waals surface area contributed by atoms with Gasteiger partial charge in [-0.15, -0.1) is 0 Å². The van der Waals surface area contributed by atoms with E-state index in [0.29, 0.717) is 0 Å². The molecular weight excluding hydrogens is 254 g/mol. The fraction of sp³-hybridized carbons (Fsp3) is 0.400. The van der Waals surface area contributed by atoms with Crippen LogP contribution in [0.15, 0.2) is 12.7 Å². The Labute approximate surface area is 107 Å². The van der Waals surface area contributed by atoms with Gasteiger partial charge in [-0.25, -0.2) is 19.7 Å². The highest BCUT2D eigenvalue weighted by molar-refractivity contribution is 5.84. The van der Waals surface area contributed by atoms with E-state index in [0.717, 1.165) is 4.57 Å². The first kappa shape index (κ1) is 13.2. The van der Waals surface area contributed by atoms with Gasteiger partial charge in [0.1, 0.15) is 24.8 Å². The zero-order chi connectivity index (χ0) is 14.0. The van der Waals surface area contributed by atoms with Gasteiger partial charge < -0.3 is 20.7 Å². The number of hydrogen-bond donors (Lipinski definition) is 3. The van der Waals surface area contributed by atoms with Crippen LogP contribution in [0.4, 0.5) is 5.82 Å². The van der Waals surface area contributed by atoms with Crippen molar-refractivity contribution in [2.45, 2.75) is 12.6 Å². The lowest BCUT2D eigenvalue weighted by Crippen LogP contribution is -2.40. The number of ether oxygens (including phenoxy) is 1. The molecule has 19 heavy (non-hydrogen) atoms. The zero-order valence-electron chi connectivity index (χ0n) is 10.1. The van der Waals surface area contributed by atoms with Crippen molar-refractivity contribution < 1.29 is 19.7 Å². The number of aromatic nitrogens is 4. The minimum atomic E-state index is -2.01. The molecule has 2 rings (SSSR count).